The minimum Gasteiger partial charge on any atom is -0.490 e. The molecular weight excluding hydrogens is 223 g/mol. The van der Waals surface area contributed by atoms with Crippen molar-refractivity contribution >= 4 is 15.9 Å². The Morgan fingerprint density at radius 1 is 1.50 bits per heavy atom. The molecule has 0 atom stereocenters. The maximum Gasteiger partial charge on any atom is 0.169 e. The third-order valence-corrected chi connectivity index (χ3v) is 2.16. The summed E-state index contributed by atoms with van der Waals surface area (Å²) in [6.07, 6.45) is 0. The Labute approximate surface area is 79.7 Å². The van der Waals surface area contributed by atoms with Crippen LogP contribution in [0.2, 0.25) is 0 Å². The van der Waals surface area contributed by atoms with Gasteiger partial charge in [0.05, 0.1) is 11.1 Å². The number of hydrogen-bond donors (Lipinski definition) is 0. The van der Waals surface area contributed by atoms with Crippen LogP contribution in [-0.2, 0) is 0 Å². The highest BCUT2D eigenvalue weighted by molar-refractivity contribution is 9.10. The second-order valence-corrected chi connectivity index (χ2v) is 3.29. The van der Waals surface area contributed by atoms with Crippen molar-refractivity contribution < 1.29 is 9.13 Å². The Morgan fingerprint density at radius 3 is 2.75 bits per heavy atom. The highest BCUT2D eigenvalue weighted by Crippen LogP contribution is 2.29. The molecule has 0 bridgehead atoms. The average Bonchev–Trinajstić information content (AvgIpc) is 2.06. The molecule has 0 heterocycles. The van der Waals surface area contributed by atoms with Gasteiger partial charge in [-0.15, -0.1) is 0 Å². The molecule has 0 amide bonds. The quantitative estimate of drug-likeness (QED) is 0.761. The third kappa shape index (κ3) is 1.78. The number of halogens is 2. The average molecular weight is 233 g/mol. The standard InChI is InChI=1S/C9H10BrFO/c1-3-12-9-7(10)5-4-6(2)8(9)11/h4-5H,3H2,1-2H3. The number of ether oxygens (including phenoxy) is 1. The molecule has 0 aliphatic heterocycles. The lowest BCUT2D eigenvalue weighted by atomic mass is 10.2. The van der Waals surface area contributed by atoms with Crippen LogP contribution in [0.25, 0.3) is 0 Å². The molecule has 0 spiro atoms. The molecule has 1 rings (SSSR count). The van der Waals surface area contributed by atoms with Crippen LogP contribution in [0.15, 0.2) is 16.6 Å². The van der Waals surface area contributed by atoms with Crippen molar-refractivity contribution in [1.82, 2.24) is 0 Å². The van der Waals surface area contributed by atoms with E-state index in [-0.39, 0.29) is 5.82 Å². The van der Waals surface area contributed by atoms with Crippen LogP contribution in [0.5, 0.6) is 5.75 Å². The zero-order valence-corrected chi connectivity index (χ0v) is 8.61. The maximum atomic E-state index is 13.3. The maximum absolute atomic E-state index is 13.3. The fourth-order valence-corrected chi connectivity index (χ4v) is 1.33. The Kier molecular flexibility index (Phi) is 3.09. The Bertz CT molecular complexity index is 286. The van der Waals surface area contributed by atoms with Crippen LogP contribution in [0.3, 0.4) is 0 Å². The summed E-state index contributed by atoms with van der Waals surface area (Å²) in [5.41, 5.74) is 0.599. The van der Waals surface area contributed by atoms with Gasteiger partial charge in [0.25, 0.3) is 0 Å². The SMILES string of the molecule is CCOc1c(Br)ccc(C)c1F. The summed E-state index contributed by atoms with van der Waals surface area (Å²) in [5, 5.41) is 0. The van der Waals surface area contributed by atoms with Crippen LogP contribution < -0.4 is 4.74 Å². The van der Waals surface area contributed by atoms with E-state index in [0.717, 1.165) is 0 Å². The summed E-state index contributed by atoms with van der Waals surface area (Å²) in [4.78, 5) is 0. The van der Waals surface area contributed by atoms with Gasteiger partial charge < -0.3 is 4.74 Å². The van der Waals surface area contributed by atoms with Gasteiger partial charge in [0, 0.05) is 0 Å². The minimum absolute atomic E-state index is 0.286. The monoisotopic (exact) mass is 232 g/mol. The lowest BCUT2D eigenvalue weighted by Gasteiger charge is -2.08. The molecule has 0 aromatic heterocycles. The Balaban J connectivity index is 3.14. The second kappa shape index (κ2) is 3.90. The van der Waals surface area contributed by atoms with Crippen molar-refractivity contribution in [2.75, 3.05) is 6.61 Å². The van der Waals surface area contributed by atoms with Crippen molar-refractivity contribution in [1.29, 1.82) is 0 Å². The molecule has 0 fully saturated rings. The summed E-state index contributed by atoms with van der Waals surface area (Å²) < 4.78 is 19.1. The zero-order valence-electron chi connectivity index (χ0n) is 7.03. The molecule has 66 valence electrons. The van der Waals surface area contributed by atoms with Crippen molar-refractivity contribution in [2.24, 2.45) is 0 Å². The normalized spacial score (nSPS) is 10.0. The van der Waals surface area contributed by atoms with Crippen LogP contribution >= 0.6 is 15.9 Å². The van der Waals surface area contributed by atoms with Gasteiger partial charge in [-0.2, -0.15) is 0 Å². The van der Waals surface area contributed by atoms with Crippen LogP contribution in [0, 0.1) is 12.7 Å². The van der Waals surface area contributed by atoms with Crippen molar-refractivity contribution in [2.45, 2.75) is 13.8 Å². The van der Waals surface area contributed by atoms with Gasteiger partial charge in [-0.3, -0.25) is 0 Å². The van der Waals surface area contributed by atoms with E-state index in [2.05, 4.69) is 15.9 Å². The van der Waals surface area contributed by atoms with Gasteiger partial charge >= 0.3 is 0 Å². The van der Waals surface area contributed by atoms with Crippen LogP contribution in [0.4, 0.5) is 4.39 Å². The summed E-state index contributed by atoms with van der Waals surface area (Å²) in [6, 6.07) is 3.49. The molecule has 0 radical (unpaired) electrons. The molecule has 0 aliphatic carbocycles. The van der Waals surface area contributed by atoms with Crippen LogP contribution in [0.1, 0.15) is 12.5 Å². The van der Waals surface area contributed by atoms with E-state index >= 15 is 0 Å². The van der Waals surface area contributed by atoms with Crippen LogP contribution in [-0.4, -0.2) is 6.61 Å². The third-order valence-electron chi connectivity index (χ3n) is 1.53. The topological polar surface area (TPSA) is 9.23 Å². The molecule has 12 heavy (non-hydrogen) atoms. The molecule has 1 aromatic carbocycles. The molecule has 1 aromatic rings. The predicted molar refractivity (Wildman–Crippen MR) is 50.0 cm³/mol. The highest BCUT2D eigenvalue weighted by Gasteiger charge is 2.09. The zero-order chi connectivity index (χ0) is 9.14. The summed E-state index contributed by atoms with van der Waals surface area (Å²) >= 11 is 3.22. The second-order valence-electron chi connectivity index (χ2n) is 2.44. The number of benzene rings is 1. The molecule has 0 aliphatic rings. The first-order chi connectivity index (χ1) is 5.66. The summed E-state index contributed by atoms with van der Waals surface area (Å²) in [6.45, 7) is 4.01. The first kappa shape index (κ1) is 9.52. The molecule has 0 unspecified atom stereocenters. The molecule has 3 heteroatoms. The Hall–Kier alpha value is -0.570. The van der Waals surface area contributed by atoms with E-state index in [1.807, 2.05) is 6.92 Å². The van der Waals surface area contributed by atoms with E-state index in [1.165, 1.54) is 0 Å². The number of rotatable bonds is 2. The van der Waals surface area contributed by atoms with E-state index < -0.39 is 0 Å². The molecule has 1 nitrogen and oxygen atoms in total. The summed E-state index contributed by atoms with van der Waals surface area (Å²) in [7, 11) is 0. The van der Waals surface area contributed by atoms with Gasteiger partial charge in [0.15, 0.2) is 11.6 Å². The molecule has 0 N–H and O–H groups in total. The highest BCUT2D eigenvalue weighted by atomic mass is 79.9. The van der Waals surface area contributed by atoms with E-state index in [9.17, 15) is 4.39 Å². The minimum atomic E-state index is -0.286. The largest absolute Gasteiger partial charge is 0.490 e. The fourth-order valence-electron chi connectivity index (χ4n) is 0.908. The molecule has 0 saturated carbocycles. The van der Waals surface area contributed by atoms with Crippen molar-refractivity contribution in [3.8, 4) is 5.75 Å². The predicted octanol–water partition coefficient (Wildman–Crippen LogP) is 3.30. The molecular formula is C9H10BrFO. The van der Waals surface area contributed by atoms with Gasteiger partial charge in [0.2, 0.25) is 0 Å². The van der Waals surface area contributed by atoms with E-state index in [4.69, 9.17) is 4.74 Å². The number of hydrogen-bond acceptors (Lipinski definition) is 1. The first-order valence-electron chi connectivity index (χ1n) is 3.74. The fraction of sp³-hybridized carbons (Fsp3) is 0.333. The lowest BCUT2D eigenvalue weighted by molar-refractivity contribution is 0.318. The van der Waals surface area contributed by atoms with E-state index in [1.54, 1.807) is 19.1 Å². The smallest absolute Gasteiger partial charge is 0.169 e. The van der Waals surface area contributed by atoms with E-state index in [0.29, 0.717) is 22.4 Å². The summed E-state index contributed by atoms with van der Waals surface area (Å²) in [5.74, 6) is 0.0173. The Morgan fingerprint density at radius 2 is 2.17 bits per heavy atom. The number of aryl methyl sites for hydroxylation is 1. The first-order valence-corrected chi connectivity index (χ1v) is 4.53. The van der Waals surface area contributed by atoms with Gasteiger partial charge in [-0.1, -0.05) is 6.07 Å². The van der Waals surface area contributed by atoms with Gasteiger partial charge in [0.1, 0.15) is 0 Å². The van der Waals surface area contributed by atoms with Crippen molar-refractivity contribution in [3.63, 3.8) is 0 Å². The van der Waals surface area contributed by atoms with Crippen molar-refractivity contribution in [3.05, 3.63) is 28.0 Å². The van der Waals surface area contributed by atoms with Gasteiger partial charge in [-0.05, 0) is 41.4 Å². The lowest BCUT2D eigenvalue weighted by Crippen LogP contribution is -1.97. The molecule has 0 saturated heterocycles. The van der Waals surface area contributed by atoms with Gasteiger partial charge in [-0.25, -0.2) is 4.39 Å².